The van der Waals surface area contributed by atoms with Crippen molar-refractivity contribution in [1.82, 2.24) is 4.53 Å². The van der Waals surface area contributed by atoms with Crippen LogP contribution in [0.4, 0.5) is 4.48 Å². The molecule has 4 saturated carbocycles. The molecule has 10 heteroatoms. The van der Waals surface area contributed by atoms with Crippen molar-refractivity contribution in [3.63, 3.8) is 0 Å². The molecule has 7 nitrogen and oxygen atoms in total. The maximum Gasteiger partial charge on any atom is 0.311 e. The first-order valence-electron chi connectivity index (χ1n) is 9.84. The molecule has 0 aliphatic heterocycles. The number of rotatable bonds is 6. The summed E-state index contributed by atoms with van der Waals surface area (Å²) in [5.74, 6) is -0.720. The van der Waals surface area contributed by atoms with Crippen LogP contribution in [0.1, 0.15) is 42.5 Å². The van der Waals surface area contributed by atoms with Crippen LogP contribution >= 0.6 is 11.6 Å². The first-order chi connectivity index (χ1) is 14.2. The predicted octanol–water partition coefficient (Wildman–Crippen LogP) is 3.29. The van der Waals surface area contributed by atoms with Crippen molar-refractivity contribution in [2.45, 2.75) is 38.2 Å². The van der Waals surface area contributed by atoms with E-state index in [1.54, 1.807) is 6.07 Å². The minimum atomic E-state index is -4.56. The Kier molecular flexibility index (Phi) is 5.47. The lowest BCUT2D eigenvalue weighted by atomic mass is 9.48. The lowest BCUT2D eigenvalue weighted by Gasteiger charge is -2.58. The molecular formula is C20H23ClFNO6S. The fourth-order valence-electron chi connectivity index (χ4n) is 5.79. The highest BCUT2D eigenvalue weighted by atomic mass is 35.5. The molecular weight excluding hydrogens is 437 g/mol. The van der Waals surface area contributed by atoms with E-state index in [4.69, 9.17) is 21.1 Å². The van der Waals surface area contributed by atoms with Gasteiger partial charge in [0.1, 0.15) is 17.1 Å². The predicted molar refractivity (Wildman–Crippen MR) is 106 cm³/mol. The zero-order valence-corrected chi connectivity index (χ0v) is 18.0. The number of halogens is 2. The maximum absolute atomic E-state index is 14.2. The number of esters is 1. The topological polar surface area (TPSA) is 90.0 Å². The Bertz CT molecular complexity index is 954. The lowest BCUT2D eigenvalue weighted by Crippen LogP contribution is -2.58. The third kappa shape index (κ3) is 3.45. The summed E-state index contributed by atoms with van der Waals surface area (Å²) in [5, 5.41) is -1.05. The number of sulfonamides is 1. The van der Waals surface area contributed by atoms with E-state index in [-0.39, 0.29) is 35.2 Å². The number of alkyl halides is 1. The van der Waals surface area contributed by atoms with Crippen LogP contribution < -0.4 is 4.74 Å². The van der Waals surface area contributed by atoms with E-state index in [0.29, 0.717) is 18.8 Å². The van der Waals surface area contributed by atoms with Gasteiger partial charge >= 0.3 is 11.9 Å². The van der Waals surface area contributed by atoms with Crippen molar-refractivity contribution in [2.75, 3.05) is 12.3 Å². The molecule has 2 atom stereocenters. The minimum Gasteiger partial charge on any atom is -0.489 e. The smallest absolute Gasteiger partial charge is 0.311 e. The third-order valence-corrected chi connectivity index (χ3v) is 8.48. The molecule has 1 aromatic rings. The van der Waals surface area contributed by atoms with Crippen LogP contribution in [0, 0.1) is 23.2 Å². The Balaban J connectivity index is 1.58. The molecule has 5 rings (SSSR count). The van der Waals surface area contributed by atoms with Crippen LogP contribution in [0.5, 0.6) is 5.75 Å². The Morgan fingerprint density at radius 2 is 1.83 bits per heavy atom. The van der Waals surface area contributed by atoms with Crippen LogP contribution in [0.2, 0.25) is 0 Å². The number of para-hydroxylation sites is 1. The highest BCUT2D eigenvalue weighted by Gasteiger charge is 2.60. The Hall–Kier alpha value is -1.87. The van der Waals surface area contributed by atoms with E-state index in [1.165, 1.54) is 25.3 Å². The molecule has 164 valence electrons. The number of amides is 1. The largest absolute Gasteiger partial charge is 0.489 e. The summed E-state index contributed by atoms with van der Waals surface area (Å²) < 4.78 is 47.9. The van der Waals surface area contributed by atoms with E-state index in [0.717, 1.165) is 19.3 Å². The van der Waals surface area contributed by atoms with Gasteiger partial charge in [-0.25, -0.2) is 8.42 Å². The molecule has 1 aromatic carbocycles. The molecule has 0 heterocycles. The van der Waals surface area contributed by atoms with E-state index >= 15 is 0 Å². The number of benzene rings is 1. The molecule has 0 radical (unpaired) electrons. The second-order valence-corrected chi connectivity index (χ2v) is 10.9. The number of hydrogen-bond donors (Lipinski definition) is 0. The molecule has 0 spiro atoms. The number of ether oxygens (including phenoxy) is 2. The maximum atomic E-state index is 14.2. The van der Waals surface area contributed by atoms with Gasteiger partial charge < -0.3 is 9.47 Å². The zero-order chi connectivity index (χ0) is 21.7. The Morgan fingerprint density at radius 1 is 1.20 bits per heavy atom. The molecule has 4 aliphatic rings. The van der Waals surface area contributed by atoms with Gasteiger partial charge in [0.2, 0.25) is 0 Å². The molecule has 0 saturated heterocycles. The monoisotopic (exact) mass is 459 g/mol. The van der Waals surface area contributed by atoms with E-state index in [9.17, 15) is 22.5 Å². The number of methoxy groups -OCH3 is 1. The lowest BCUT2D eigenvalue weighted by molar-refractivity contribution is -0.179. The highest BCUT2D eigenvalue weighted by molar-refractivity contribution is 7.90. The SMILES string of the molecule is COC(=O)C12CC3CC(C1)C(Oc1ccccc1C(=O)N(F)S(=O)(=O)CCl)C(C3)C2. The van der Waals surface area contributed by atoms with Crippen LogP contribution in [0.15, 0.2) is 24.3 Å². The quantitative estimate of drug-likeness (QED) is 0.368. The van der Waals surface area contributed by atoms with Gasteiger partial charge in [-0.2, -0.15) is 0 Å². The van der Waals surface area contributed by atoms with E-state index < -0.39 is 31.1 Å². The number of carbonyl (C=O) groups excluding carboxylic acids is 2. The zero-order valence-electron chi connectivity index (χ0n) is 16.4. The number of carbonyl (C=O) groups is 2. The van der Waals surface area contributed by atoms with Gasteiger partial charge in [0, 0.05) is 0 Å². The van der Waals surface area contributed by atoms with E-state index in [1.807, 2.05) is 0 Å². The van der Waals surface area contributed by atoms with Crippen molar-refractivity contribution in [2.24, 2.45) is 23.2 Å². The van der Waals surface area contributed by atoms with Gasteiger partial charge in [0.15, 0.2) is 0 Å². The fourth-order valence-corrected chi connectivity index (χ4v) is 6.49. The summed E-state index contributed by atoms with van der Waals surface area (Å²) in [5.41, 5.74) is -0.657. The van der Waals surface area contributed by atoms with Crippen molar-refractivity contribution in [3.05, 3.63) is 29.8 Å². The minimum absolute atomic E-state index is 0.117. The van der Waals surface area contributed by atoms with Crippen LogP contribution in [0.25, 0.3) is 0 Å². The summed E-state index contributed by atoms with van der Waals surface area (Å²) in [7, 11) is -3.15. The fraction of sp³-hybridized carbons (Fsp3) is 0.600. The molecule has 2 unspecified atom stereocenters. The summed E-state index contributed by atoms with van der Waals surface area (Å²) in [6, 6.07) is 5.98. The summed E-state index contributed by atoms with van der Waals surface area (Å²) in [4.78, 5) is 24.9. The van der Waals surface area contributed by atoms with Gasteiger partial charge in [0.25, 0.3) is 10.0 Å². The average Bonchev–Trinajstić information content (AvgIpc) is 2.74. The second-order valence-electron chi connectivity index (χ2n) is 8.56. The van der Waals surface area contributed by atoms with Gasteiger partial charge in [-0.15, -0.1) is 11.6 Å². The van der Waals surface area contributed by atoms with Crippen LogP contribution in [-0.2, 0) is 19.6 Å². The molecule has 0 N–H and O–H groups in total. The average molecular weight is 460 g/mol. The molecule has 4 bridgehead atoms. The first kappa shape index (κ1) is 21.4. The highest BCUT2D eigenvalue weighted by Crippen LogP contribution is 2.61. The molecule has 4 aliphatic carbocycles. The summed E-state index contributed by atoms with van der Waals surface area (Å²) in [6.07, 6.45) is 3.76. The van der Waals surface area contributed by atoms with Crippen molar-refractivity contribution in [3.8, 4) is 5.75 Å². The van der Waals surface area contributed by atoms with E-state index in [2.05, 4.69) is 0 Å². The molecule has 0 aromatic heterocycles. The van der Waals surface area contributed by atoms with Crippen LogP contribution in [-0.4, -0.2) is 43.2 Å². The van der Waals surface area contributed by atoms with Crippen LogP contribution in [0.3, 0.4) is 0 Å². The van der Waals surface area contributed by atoms with Gasteiger partial charge in [-0.3, -0.25) is 9.59 Å². The number of nitrogens with zero attached hydrogens (tertiary/aromatic N) is 1. The first-order valence-corrected chi connectivity index (χ1v) is 12.0. The van der Waals surface area contributed by atoms with Gasteiger partial charge in [-0.05, 0) is 62.0 Å². The van der Waals surface area contributed by atoms with Gasteiger partial charge in [0.05, 0.1) is 18.1 Å². The summed E-state index contributed by atoms with van der Waals surface area (Å²) >= 11 is 5.26. The van der Waals surface area contributed by atoms with Gasteiger partial charge in [-0.1, -0.05) is 21.1 Å². The summed E-state index contributed by atoms with van der Waals surface area (Å²) in [6.45, 7) is 0. The Labute approximate surface area is 179 Å². The van der Waals surface area contributed by atoms with Crippen molar-refractivity contribution >= 4 is 33.5 Å². The number of hydrogen-bond acceptors (Lipinski definition) is 6. The molecule has 30 heavy (non-hydrogen) atoms. The Morgan fingerprint density at radius 3 is 2.43 bits per heavy atom. The third-order valence-electron chi connectivity index (χ3n) is 6.73. The standard InChI is InChI=1S/C20H23ClFNO6S/c1-28-19(25)20-8-12-6-13(9-20)17(14(7-12)10-20)29-16-5-3-2-4-15(16)18(24)23(22)30(26,27)11-21/h2-5,12-14,17H,6-11H2,1H3. The van der Waals surface area contributed by atoms with Crippen molar-refractivity contribution in [1.29, 1.82) is 0 Å². The second kappa shape index (κ2) is 7.67. The molecule has 1 amide bonds. The molecule has 4 fully saturated rings. The van der Waals surface area contributed by atoms with Crippen molar-refractivity contribution < 1.29 is 32.0 Å². The normalized spacial score (nSPS) is 32.0.